The average Bonchev–Trinajstić information content (AvgIpc) is 2.49. The van der Waals surface area contributed by atoms with Crippen LogP contribution in [0, 0.1) is 0 Å². The summed E-state index contributed by atoms with van der Waals surface area (Å²) >= 11 is 1.36. The van der Waals surface area contributed by atoms with Crippen molar-refractivity contribution in [1.82, 2.24) is 15.2 Å². The first-order valence-corrected chi connectivity index (χ1v) is 7.94. The molecular formula is C12H17BN4O3S. The molecule has 1 aliphatic heterocycles. The Kier molecular flexibility index (Phi) is 5.19. The summed E-state index contributed by atoms with van der Waals surface area (Å²) in [5.74, 6) is 0.0493. The largest absolute Gasteiger partial charge is 0.401 e. The number of nitrogens with one attached hydrogen (secondary N) is 1. The van der Waals surface area contributed by atoms with E-state index in [-0.39, 0.29) is 31.3 Å². The van der Waals surface area contributed by atoms with Crippen LogP contribution in [0.25, 0.3) is 0 Å². The molecule has 0 spiro atoms. The van der Waals surface area contributed by atoms with Crippen LogP contribution in [-0.4, -0.2) is 59.6 Å². The van der Waals surface area contributed by atoms with Crippen molar-refractivity contribution in [1.29, 1.82) is 0 Å². The summed E-state index contributed by atoms with van der Waals surface area (Å²) in [4.78, 5) is 34.5. The van der Waals surface area contributed by atoms with Crippen LogP contribution in [0.5, 0.6) is 0 Å². The van der Waals surface area contributed by atoms with Crippen LogP contribution in [0.15, 0.2) is 11.4 Å². The van der Waals surface area contributed by atoms with E-state index in [1.807, 2.05) is 13.1 Å². The SMILES string of the molecule is CBNC(=O)C1CC(=O)c2cnc(SC)nc2N1CCO. The molecule has 1 aromatic rings. The highest BCUT2D eigenvalue weighted by atomic mass is 32.2. The number of amides is 1. The molecule has 0 bridgehead atoms. The molecule has 0 fully saturated rings. The van der Waals surface area contributed by atoms with Crippen LogP contribution < -0.4 is 10.1 Å². The summed E-state index contributed by atoms with van der Waals surface area (Å²) in [6, 6.07) is -0.637. The fraction of sp³-hybridized carbons (Fsp3) is 0.500. The fourth-order valence-corrected chi connectivity index (χ4v) is 2.65. The minimum Gasteiger partial charge on any atom is -0.401 e. The normalized spacial score (nSPS) is 17.4. The van der Waals surface area contributed by atoms with Crippen molar-refractivity contribution in [3.63, 3.8) is 0 Å². The number of nitrogens with zero attached hydrogens (tertiary/aromatic N) is 3. The van der Waals surface area contributed by atoms with Gasteiger partial charge in [-0.25, -0.2) is 9.97 Å². The number of aromatic nitrogens is 2. The number of anilines is 1. The van der Waals surface area contributed by atoms with Gasteiger partial charge in [-0.1, -0.05) is 18.6 Å². The van der Waals surface area contributed by atoms with E-state index >= 15 is 0 Å². The predicted octanol–water partition coefficient (Wildman–Crippen LogP) is -0.532. The lowest BCUT2D eigenvalue weighted by Crippen LogP contribution is -2.52. The molecule has 9 heteroatoms. The zero-order valence-corrected chi connectivity index (χ0v) is 12.8. The molecule has 1 atom stereocenters. The van der Waals surface area contributed by atoms with Crippen LogP contribution >= 0.6 is 11.8 Å². The van der Waals surface area contributed by atoms with E-state index in [0.717, 1.165) is 0 Å². The third-order valence-electron chi connectivity index (χ3n) is 3.25. The van der Waals surface area contributed by atoms with E-state index < -0.39 is 6.04 Å². The fourth-order valence-electron chi connectivity index (χ4n) is 2.31. The molecule has 7 nitrogen and oxygen atoms in total. The van der Waals surface area contributed by atoms with Crippen molar-refractivity contribution < 1.29 is 14.7 Å². The first kappa shape index (κ1) is 15.8. The van der Waals surface area contributed by atoms with Crippen LogP contribution in [0.3, 0.4) is 0 Å². The second kappa shape index (κ2) is 6.90. The highest BCUT2D eigenvalue weighted by Crippen LogP contribution is 2.29. The first-order valence-electron chi connectivity index (χ1n) is 6.71. The molecule has 0 aliphatic carbocycles. The van der Waals surface area contributed by atoms with Crippen LogP contribution in [-0.2, 0) is 4.79 Å². The molecule has 112 valence electrons. The van der Waals surface area contributed by atoms with Gasteiger partial charge in [0, 0.05) is 19.2 Å². The van der Waals surface area contributed by atoms with Gasteiger partial charge in [-0.15, -0.1) is 0 Å². The Labute approximate surface area is 127 Å². The minimum atomic E-state index is -0.637. The van der Waals surface area contributed by atoms with Gasteiger partial charge < -0.3 is 15.2 Å². The molecule has 0 radical (unpaired) electrons. The van der Waals surface area contributed by atoms with E-state index in [1.54, 1.807) is 4.90 Å². The van der Waals surface area contributed by atoms with Gasteiger partial charge in [-0.2, -0.15) is 0 Å². The maximum atomic E-state index is 12.2. The summed E-state index contributed by atoms with van der Waals surface area (Å²) in [6.45, 7) is 1.94. The Morgan fingerprint density at radius 2 is 2.43 bits per heavy atom. The van der Waals surface area contributed by atoms with Crippen LogP contribution in [0.2, 0.25) is 6.82 Å². The van der Waals surface area contributed by atoms with Crippen LogP contribution in [0.1, 0.15) is 16.8 Å². The zero-order valence-electron chi connectivity index (χ0n) is 12.0. The lowest BCUT2D eigenvalue weighted by molar-refractivity contribution is -0.120. The molecule has 1 aromatic heterocycles. The van der Waals surface area contributed by atoms with Crippen LogP contribution in [0.4, 0.5) is 5.82 Å². The van der Waals surface area contributed by atoms with Gasteiger partial charge in [-0.05, 0) is 6.26 Å². The quantitative estimate of drug-likeness (QED) is 0.429. The smallest absolute Gasteiger partial charge is 0.233 e. The standard InChI is InChI=1S/C12H17BN4O3S/c1-13-16-11(20)8-5-9(19)7-6-14-12(21-2)15-10(7)17(8)3-4-18/h6,8,13,18H,3-5H2,1-2H3,(H,16,20). The van der Waals surface area contributed by atoms with Gasteiger partial charge in [0.2, 0.25) is 13.3 Å². The number of β-amino-alcohol motifs (C(OH)–C–C–N with tert-alkyl or cyclic N) is 1. The molecular weight excluding hydrogens is 291 g/mol. The summed E-state index contributed by atoms with van der Waals surface area (Å²) in [5, 5.41) is 12.5. The molecule has 0 saturated carbocycles. The van der Waals surface area contributed by atoms with E-state index in [9.17, 15) is 14.7 Å². The maximum Gasteiger partial charge on any atom is 0.233 e. The topological polar surface area (TPSA) is 95.4 Å². The summed E-state index contributed by atoms with van der Waals surface area (Å²) in [6.07, 6.45) is 3.40. The summed E-state index contributed by atoms with van der Waals surface area (Å²) in [5.41, 5.74) is 0.404. The number of carbonyl (C=O) groups excluding carboxylic acids is 2. The molecule has 2 rings (SSSR count). The second-order valence-corrected chi connectivity index (χ2v) is 5.32. The molecule has 1 unspecified atom stereocenters. The minimum absolute atomic E-state index is 0.0702. The highest BCUT2D eigenvalue weighted by Gasteiger charge is 2.36. The molecule has 0 saturated heterocycles. The Bertz CT molecular complexity index is 557. The van der Waals surface area contributed by atoms with Crippen molar-refractivity contribution in [2.45, 2.75) is 24.4 Å². The Hall–Kier alpha value is -1.61. The summed E-state index contributed by atoms with van der Waals surface area (Å²) in [7, 11) is 0.489. The van der Waals surface area contributed by atoms with Gasteiger partial charge in [0.05, 0.1) is 12.2 Å². The number of aliphatic hydroxyl groups is 1. The van der Waals surface area contributed by atoms with Gasteiger partial charge in [0.15, 0.2) is 10.9 Å². The molecule has 2 heterocycles. The number of rotatable bonds is 5. The van der Waals surface area contributed by atoms with Crippen molar-refractivity contribution >= 4 is 36.7 Å². The maximum absolute atomic E-state index is 12.2. The van der Waals surface area contributed by atoms with Gasteiger partial charge in [0.25, 0.3) is 0 Å². The van der Waals surface area contributed by atoms with Crippen molar-refractivity contribution in [2.24, 2.45) is 0 Å². The van der Waals surface area contributed by atoms with Crippen molar-refractivity contribution in [3.05, 3.63) is 11.8 Å². The zero-order chi connectivity index (χ0) is 15.4. The number of hydrogen-bond donors (Lipinski definition) is 2. The predicted molar refractivity (Wildman–Crippen MR) is 82.1 cm³/mol. The lowest BCUT2D eigenvalue weighted by atomic mass is 9.94. The number of hydrogen-bond acceptors (Lipinski definition) is 7. The molecule has 2 N–H and O–H groups in total. The third-order valence-corrected chi connectivity index (χ3v) is 3.81. The molecule has 21 heavy (non-hydrogen) atoms. The van der Waals surface area contributed by atoms with E-state index in [0.29, 0.717) is 24.0 Å². The van der Waals surface area contributed by atoms with Crippen molar-refractivity contribution in [3.8, 4) is 0 Å². The number of thioether (sulfide) groups is 1. The molecule has 0 aromatic carbocycles. The Morgan fingerprint density at radius 3 is 3.05 bits per heavy atom. The molecule has 1 aliphatic rings. The van der Waals surface area contributed by atoms with E-state index in [2.05, 4.69) is 15.2 Å². The highest BCUT2D eigenvalue weighted by molar-refractivity contribution is 7.98. The first-order chi connectivity index (χ1) is 10.1. The monoisotopic (exact) mass is 308 g/mol. The number of Topliss-reactive ketones (excluding diaryl/α,β-unsaturated/α-hetero) is 1. The number of aliphatic hydroxyl groups excluding tert-OH is 1. The van der Waals surface area contributed by atoms with Gasteiger partial charge >= 0.3 is 0 Å². The van der Waals surface area contributed by atoms with E-state index in [1.165, 1.54) is 18.0 Å². The molecule has 1 amide bonds. The van der Waals surface area contributed by atoms with Gasteiger partial charge in [0.1, 0.15) is 11.9 Å². The van der Waals surface area contributed by atoms with E-state index in [4.69, 9.17) is 0 Å². The summed E-state index contributed by atoms with van der Waals surface area (Å²) < 4.78 is 0. The third kappa shape index (κ3) is 3.19. The lowest BCUT2D eigenvalue weighted by Gasteiger charge is -2.35. The van der Waals surface area contributed by atoms with Crippen molar-refractivity contribution in [2.75, 3.05) is 24.3 Å². The average molecular weight is 308 g/mol. The number of ketones is 1. The number of carbonyl (C=O) groups is 2. The second-order valence-electron chi connectivity index (χ2n) is 4.55. The Morgan fingerprint density at radius 1 is 1.67 bits per heavy atom. The van der Waals surface area contributed by atoms with Gasteiger partial charge in [-0.3, -0.25) is 9.59 Å². The number of fused-ring (bicyclic) bond motifs is 1. The Balaban J connectivity index is 2.43.